The Kier molecular flexibility index (Phi) is 5.58. The van der Waals surface area contributed by atoms with Gasteiger partial charge in [-0.1, -0.05) is 13.0 Å². The lowest BCUT2D eigenvalue weighted by Gasteiger charge is -2.35. The molecule has 128 valence electrons. The minimum atomic E-state index is 0.184. The molecule has 7 nitrogen and oxygen atoms in total. The highest BCUT2D eigenvalue weighted by molar-refractivity contribution is 7.09. The molecule has 3 heterocycles. The number of aryl methyl sites for hydroxylation is 1. The van der Waals surface area contributed by atoms with Gasteiger partial charge >= 0.3 is 0 Å². The second-order valence-electron chi connectivity index (χ2n) is 5.60. The maximum Gasteiger partial charge on any atom is 0.224 e. The first-order valence-electron chi connectivity index (χ1n) is 8.26. The number of carbonyl (C=O) groups is 1. The summed E-state index contributed by atoms with van der Waals surface area (Å²) in [4.78, 5) is 25.2. The maximum atomic E-state index is 12.3. The second kappa shape index (κ2) is 8.05. The van der Waals surface area contributed by atoms with Crippen LogP contribution in [0.2, 0.25) is 0 Å². The first-order chi connectivity index (χ1) is 11.8. The largest absolute Gasteiger partial charge is 0.360 e. The summed E-state index contributed by atoms with van der Waals surface area (Å²) < 4.78 is 4.22. The fourth-order valence-electron chi connectivity index (χ4n) is 2.63. The van der Waals surface area contributed by atoms with E-state index in [9.17, 15) is 4.79 Å². The number of carbonyl (C=O) groups excluding carboxylic acids is 1. The van der Waals surface area contributed by atoms with Crippen LogP contribution in [-0.2, 0) is 11.2 Å². The first-order valence-corrected chi connectivity index (χ1v) is 9.04. The molecule has 24 heavy (non-hydrogen) atoms. The number of hydrogen-bond acceptors (Lipinski definition) is 7. The van der Waals surface area contributed by atoms with Crippen LogP contribution in [0.3, 0.4) is 0 Å². The molecule has 1 saturated heterocycles. The number of nitrogens with one attached hydrogen (secondary N) is 1. The predicted octanol–water partition coefficient (Wildman–Crippen LogP) is 1.65. The highest BCUT2D eigenvalue weighted by Crippen LogP contribution is 2.14. The molecule has 2 aromatic heterocycles. The second-order valence-corrected chi connectivity index (χ2v) is 6.35. The Morgan fingerprint density at radius 3 is 2.79 bits per heavy atom. The van der Waals surface area contributed by atoms with Gasteiger partial charge in [-0.15, -0.1) is 0 Å². The SMILES string of the molecule is CCc1nsc(NCCC(=O)N2CCN(c3ccccn3)CC2)n1. The van der Waals surface area contributed by atoms with E-state index in [2.05, 4.69) is 24.6 Å². The average Bonchev–Trinajstić information content (AvgIpc) is 3.10. The standard InChI is InChI=1S/C16H22N6OS/c1-2-13-19-16(24-20-13)18-8-6-15(23)22-11-9-21(10-12-22)14-5-3-4-7-17-14/h3-5,7H,2,6,8-12H2,1H3,(H,18,19,20). The fraction of sp³-hybridized carbons (Fsp3) is 0.500. The molecule has 3 rings (SSSR count). The van der Waals surface area contributed by atoms with E-state index in [0.717, 1.165) is 49.4 Å². The van der Waals surface area contributed by atoms with Crippen molar-refractivity contribution in [1.82, 2.24) is 19.2 Å². The van der Waals surface area contributed by atoms with E-state index in [0.29, 0.717) is 13.0 Å². The zero-order chi connectivity index (χ0) is 16.8. The van der Waals surface area contributed by atoms with Gasteiger partial charge < -0.3 is 15.1 Å². The van der Waals surface area contributed by atoms with Crippen LogP contribution < -0.4 is 10.2 Å². The molecule has 0 aliphatic carbocycles. The molecule has 0 saturated carbocycles. The molecule has 1 N–H and O–H groups in total. The molecule has 1 aliphatic rings. The molecule has 0 spiro atoms. The third kappa shape index (κ3) is 4.19. The number of rotatable bonds is 6. The fourth-order valence-corrected chi connectivity index (χ4v) is 3.30. The molecular formula is C16H22N6OS. The number of amides is 1. The number of pyridine rings is 1. The van der Waals surface area contributed by atoms with Crippen LogP contribution in [-0.4, -0.2) is 57.9 Å². The van der Waals surface area contributed by atoms with Crippen molar-refractivity contribution in [3.63, 3.8) is 0 Å². The van der Waals surface area contributed by atoms with Crippen LogP contribution >= 0.6 is 11.5 Å². The van der Waals surface area contributed by atoms with E-state index in [-0.39, 0.29) is 5.91 Å². The summed E-state index contributed by atoms with van der Waals surface area (Å²) in [6.07, 6.45) is 3.11. The summed E-state index contributed by atoms with van der Waals surface area (Å²) in [5.74, 6) is 2.01. The lowest BCUT2D eigenvalue weighted by atomic mass is 10.2. The van der Waals surface area contributed by atoms with Gasteiger partial charge in [-0.25, -0.2) is 9.97 Å². The third-order valence-corrected chi connectivity index (χ3v) is 4.72. The molecule has 1 amide bonds. The van der Waals surface area contributed by atoms with Crippen molar-refractivity contribution in [2.45, 2.75) is 19.8 Å². The number of piperazine rings is 1. The first kappa shape index (κ1) is 16.6. The van der Waals surface area contributed by atoms with Crippen LogP contribution in [0.4, 0.5) is 10.9 Å². The van der Waals surface area contributed by atoms with E-state index in [1.165, 1.54) is 11.5 Å². The van der Waals surface area contributed by atoms with E-state index in [1.807, 2.05) is 30.0 Å². The molecule has 1 aliphatic heterocycles. The smallest absolute Gasteiger partial charge is 0.224 e. The maximum absolute atomic E-state index is 12.3. The van der Waals surface area contributed by atoms with Crippen LogP contribution in [0.15, 0.2) is 24.4 Å². The minimum Gasteiger partial charge on any atom is -0.360 e. The average molecular weight is 346 g/mol. The van der Waals surface area contributed by atoms with E-state index in [1.54, 1.807) is 6.20 Å². The van der Waals surface area contributed by atoms with Crippen LogP contribution in [0.25, 0.3) is 0 Å². The summed E-state index contributed by atoms with van der Waals surface area (Å²) in [5, 5.41) is 3.97. The summed E-state index contributed by atoms with van der Waals surface area (Å²) in [6, 6.07) is 5.91. The summed E-state index contributed by atoms with van der Waals surface area (Å²) in [6.45, 7) is 5.76. The van der Waals surface area contributed by atoms with Crippen molar-refractivity contribution < 1.29 is 4.79 Å². The molecule has 0 unspecified atom stereocenters. The number of anilines is 2. The van der Waals surface area contributed by atoms with Crippen molar-refractivity contribution in [3.05, 3.63) is 30.2 Å². The van der Waals surface area contributed by atoms with E-state index >= 15 is 0 Å². The summed E-state index contributed by atoms with van der Waals surface area (Å²) in [5.41, 5.74) is 0. The summed E-state index contributed by atoms with van der Waals surface area (Å²) in [7, 11) is 0. The van der Waals surface area contributed by atoms with Crippen molar-refractivity contribution in [2.24, 2.45) is 0 Å². The van der Waals surface area contributed by atoms with E-state index < -0.39 is 0 Å². The van der Waals surface area contributed by atoms with E-state index in [4.69, 9.17) is 0 Å². The Balaban J connectivity index is 1.40. The monoisotopic (exact) mass is 346 g/mol. The lowest BCUT2D eigenvalue weighted by molar-refractivity contribution is -0.131. The molecular weight excluding hydrogens is 324 g/mol. The molecule has 0 radical (unpaired) electrons. The van der Waals surface area contributed by atoms with Gasteiger partial charge in [-0.2, -0.15) is 4.37 Å². The Morgan fingerprint density at radius 1 is 1.29 bits per heavy atom. The number of hydrogen-bond donors (Lipinski definition) is 1. The Bertz CT molecular complexity index is 654. The van der Waals surface area contributed by atoms with Gasteiger partial charge in [0.05, 0.1) is 0 Å². The molecule has 8 heteroatoms. The number of nitrogens with zero attached hydrogens (tertiary/aromatic N) is 5. The van der Waals surface area contributed by atoms with Gasteiger partial charge in [-0.3, -0.25) is 4.79 Å². The highest BCUT2D eigenvalue weighted by atomic mass is 32.1. The van der Waals surface area contributed by atoms with Crippen molar-refractivity contribution >= 4 is 28.4 Å². The Morgan fingerprint density at radius 2 is 2.12 bits per heavy atom. The lowest BCUT2D eigenvalue weighted by Crippen LogP contribution is -2.49. The molecule has 1 fully saturated rings. The van der Waals surface area contributed by atoms with Gasteiger partial charge in [0.25, 0.3) is 0 Å². The Labute approximate surface area is 145 Å². The quantitative estimate of drug-likeness (QED) is 0.857. The number of aromatic nitrogens is 3. The van der Waals surface area contributed by atoms with Gasteiger partial charge in [0.1, 0.15) is 11.6 Å². The van der Waals surface area contributed by atoms with Gasteiger partial charge in [0.15, 0.2) is 0 Å². The third-order valence-electron chi connectivity index (χ3n) is 4.01. The zero-order valence-corrected chi connectivity index (χ0v) is 14.6. The highest BCUT2D eigenvalue weighted by Gasteiger charge is 2.21. The minimum absolute atomic E-state index is 0.184. The van der Waals surface area contributed by atoms with Crippen molar-refractivity contribution in [2.75, 3.05) is 42.9 Å². The summed E-state index contributed by atoms with van der Waals surface area (Å²) >= 11 is 1.35. The molecule has 0 atom stereocenters. The van der Waals surface area contributed by atoms with Gasteiger partial charge in [-0.05, 0) is 12.1 Å². The molecule has 0 aromatic carbocycles. The molecule has 0 bridgehead atoms. The Hall–Kier alpha value is -2.22. The normalized spacial score (nSPS) is 14.7. The van der Waals surface area contributed by atoms with Crippen molar-refractivity contribution in [3.8, 4) is 0 Å². The van der Waals surface area contributed by atoms with Gasteiger partial charge in [0, 0.05) is 63.3 Å². The van der Waals surface area contributed by atoms with Gasteiger partial charge in [0.2, 0.25) is 11.0 Å². The predicted molar refractivity (Wildman–Crippen MR) is 95.4 cm³/mol. The van der Waals surface area contributed by atoms with Crippen LogP contribution in [0.5, 0.6) is 0 Å². The zero-order valence-electron chi connectivity index (χ0n) is 13.8. The topological polar surface area (TPSA) is 74.2 Å². The van der Waals surface area contributed by atoms with Crippen LogP contribution in [0, 0.1) is 0 Å². The van der Waals surface area contributed by atoms with Crippen molar-refractivity contribution in [1.29, 1.82) is 0 Å². The van der Waals surface area contributed by atoms with Crippen LogP contribution in [0.1, 0.15) is 19.2 Å². The molecule has 2 aromatic rings.